The predicted octanol–water partition coefficient (Wildman–Crippen LogP) is 3.75. The van der Waals surface area contributed by atoms with Crippen molar-refractivity contribution in [3.05, 3.63) is 41.0 Å². The molecule has 0 unspecified atom stereocenters. The highest BCUT2D eigenvalue weighted by molar-refractivity contribution is 6.35. The number of aromatic nitrogens is 1. The molecule has 1 fully saturated rings. The average Bonchev–Trinajstić information content (AvgIpc) is 2.49. The molecule has 112 valence electrons. The first-order chi connectivity index (χ1) is 10.2. The largest absolute Gasteiger partial charge is 0.381 e. The summed E-state index contributed by atoms with van der Waals surface area (Å²) in [5.74, 6) is 0.743. The van der Waals surface area contributed by atoms with Crippen molar-refractivity contribution >= 4 is 22.5 Å². The minimum absolute atomic E-state index is 0.724. The molecular formula is C17H21ClN2O. The second-order valence-corrected chi connectivity index (χ2v) is 6.27. The first-order valence-electron chi connectivity index (χ1n) is 7.53. The quantitative estimate of drug-likeness (QED) is 0.860. The summed E-state index contributed by atoms with van der Waals surface area (Å²) in [6, 6.07) is 10.1. The minimum atomic E-state index is 0.724. The molecule has 2 heterocycles. The Hall–Kier alpha value is -1.16. The van der Waals surface area contributed by atoms with Gasteiger partial charge in [-0.15, -0.1) is 0 Å². The van der Waals surface area contributed by atoms with Gasteiger partial charge in [0.25, 0.3) is 0 Å². The van der Waals surface area contributed by atoms with E-state index in [1.165, 1.54) is 12.8 Å². The Labute approximate surface area is 130 Å². The van der Waals surface area contributed by atoms with Crippen LogP contribution in [0.15, 0.2) is 30.3 Å². The summed E-state index contributed by atoms with van der Waals surface area (Å²) >= 11 is 6.23. The highest BCUT2D eigenvalue weighted by atomic mass is 35.5. The molecule has 1 saturated heterocycles. The van der Waals surface area contributed by atoms with E-state index in [0.29, 0.717) is 0 Å². The Morgan fingerprint density at radius 3 is 2.86 bits per heavy atom. The molecule has 0 amide bonds. The molecule has 4 heteroatoms. The Kier molecular flexibility index (Phi) is 4.73. The molecule has 0 bridgehead atoms. The van der Waals surface area contributed by atoms with Crippen LogP contribution in [0.4, 0.5) is 0 Å². The summed E-state index contributed by atoms with van der Waals surface area (Å²) < 4.78 is 5.42. The van der Waals surface area contributed by atoms with Gasteiger partial charge in [0.15, 0.2) is 0 Å². The smallest absolute Gasteiger partial charge is 0.0891 e. The predicted molar refractivity (Wildman–Crippen MR) is 86.6 cm³/mol. The van der Waals surface area contributed by atoms with Crippen LogP contribution in [0.5, 0.6) is 0 Å². The third-order valence-electron chi connectivity index (χ3n) is 4.07. The van der Waals surface area contributed by atoms with Gasteiger partial charge in [-0.25, -0.2) is 4.98 Å². The van der Waals surface area contributed by atoms with E-state index in [-0.39, 0.29) is 0 Å². The van der Waals surface area contributed by atoms with Gasteiger partial charge in [0, 0.05) is 31.7 Å². The molecule has 1 aromatic carbocycles. The monoisotopic (exact) mass is 304 g/mol. The number of pyridine rings is 1. The van der Waals surface area contributed by atoms with E-state index >= 15 is 0 Å². The maximum Gasteiger partial charge on any atom is 0.0891 e. The topological polar surface area (TPSA) is 25.4 Å². The third kappa shape index (κ3) is 3.73. The molecule has 0 aliphatic carbocycles. The van der Waals surface area contributed by atoms with Crippen LogP contribution < -0.4 is 0 Å². The summed E-state index contributed by atoms with van der Waals surface area (Å²) in [7, 11) is 2.16. The maximum absolute atomic E-state index is 6.23. The van der Waals surface area contributed by atoms with Crippen LogP contribution in [0.2, 0.25) is 5.02 Å². The Bertz CT molecular complexity index is 611. The fourth-order valence-electron chi connectivity index (χ4n) is 2.95. The van der Waals surface area contributed by atoms with Crippen LogP contribution in [0.1, 0.15) is 18.5 Å². The summed E-state index contributed by atoms with van der Waals surface area (Å²) in [5, 5.41) is 1.82. The van der Waals surface area contributed by atoms with Crippen LogP contribution >= 0.6 is 11.6 Å². The fourth-order valence-corrected chi connectivity index (χ4v) is 3.17. The van der Waals surface area contributed by atoms with Crippen molar-refractivity contribution in [3.63, 3.8) is 0 Å². The fraction of sp³-hybridized carbons (Fsp3) is 0.471. The molecule has 2 aromatic rings. The van der Waals surface area contributed by atoms with Crippen molar-refractivity contribution in [3.8, 4) is 0 Å². The third-order valence-corrected chi connectivity index (χ3v) is 4.38. The van der Waals surface area contributed by atoms with Gasteiger partial charge in [-0.05, 0) is 37.9 Å². The first-order valence-corrected chi connectivity index (χ1v) is 7.90. The minimum Gasteiger partial charge on any atom is -0.381 e. The van der Waals surface area contributed by atoms with Crippen LogP contribution in [-0.4, -0.2) is 36.7 Å². The van der Waals surface area contributed by atoms with Gasteiger partial charge >= 0.3 is 0 Å². The average molecular weight is 305 g/mol. The van der Waals surface area contributed by atoms with Gasteiger partial charge < -0.3 is 9.64 Å². The number of halogens is 1. The summed E-state index contributed by atoms with van der Waals surface area (Å²) in [6.45, 7) is 3.77. The van der Waals surface area contributed by atoms with Crippen molar-refractivity contribution in [1.29, 1.82) is 0 Å². The van der Waals surface area contributed by atoms with E-state index in [9.17, 15) is 0 Å². The second-order valence-electron chi connectivity index (χ2n) is 5.87. The van der Waals surface area contributed by atoms with Gasteiger partial charge in [-0.3, -0.25) is 0 Å². The molecule has 0 radical (unpaired) electrons. The Morgan fingerprint density at radius 2 is 2.05 bits per heavy atom. The molecule has 0 atom stereocenters. The van der Waals surface area contributed by atoms with Crippen molar-refractivity contribution in [2.24, 2.45) is 5.92 Å². The van der Waals surface area contributed by atoms with Crippen LogP contribution in [0.3, 0.4) is 0 Å². The molecule has 1 aliphatic heterocycles. The number of fused-ring (bicyclic) bond motifs is 1. The number of benzene rings is 1. The van der Waals surface area contributed by atoms with Crippen molar-refractivity contribution in [1.82, 2.24) is 9.88 Å². The zero-order valence-corrected chi connectivity index (χ0v) is 13.1. The van der Waals surface area contributed by atoms with E-state index in [1.54, 1.807) is 0 Å². The number of ether oxygens (including phenoxy) is 1. The van der Waals surface area contributed by atoms with E-state index < -0.39 is 0 Å². The molecule has 1 aliphatic rings. The molecule has 1 aromatic heterocycles. The second kappa shape index (κ2) is 6.73. The van der Waals surface area contributed by atoms with Gasteiger partial charge in [0.1, 0.15) is 0 Å². The zero-order chi connectivity index (χ0) is 14.7. The van der Waals surface area contributed by atoms with E-state index in [1.807, 2.05) is 18.2 Å². The lowest BCUT2D eigenvalue weighted by Crippen LogP contribution is -2.29. The number of hydrogen-bond acceptors (Lipinski definition) is 3. The van der Waals surface area contributed by atoms with Gasteiger partial charge in [0.05, 0.1) is 16.2 Å². The molecule has 0 N–H and O–H groups in total. The normalized spacial score (nSPS) is 16.7. The van der Waals surface area contributed by atoms with Crippen molar-refractivity contribution in [2.75, 3.05) is 26.8 Å². The molecule has 21 heavy (non-hydrogen) atoms. The van der Waals surface area contributed by atoms with Crippen molar-refractivity contribution < 1.29 is 4.74 Å². The number of para-hydroxylation sites is 1. The standard InChI is InChI=1S/C17H21ClN2O/c1-20(11-13-7-9-21-10-8-13)12-15-6-5-14-3-2-4-16(18)17(14)19-15/h2-6,13H,7-12H2,1H3. The van der Waals surface area contributed by atoms with E-state index in [0.717, 1.165) is 53.8 Å². The molecule has 0 saturated carbocycles. The molecule has 3 rings (SSSR count). The summed E-state index contributed by atoms with van der Waals surface area (Å²) in [6.07, 6.45) is 2.34. The van der Waals surface area contributed by atoms with Gasteiger partial charge in [0.2, 0.25) is 0 Å². The number of rotatable bonds is 4. The highest BCUT2D eigenvalue weighted by Crippen LogP contribution is 2.22. The Balaban J connectivity index is 1.67. The van der Waals surface area contributed by atoms with E-state index in [2.05, 4.69) is 24.1 Å². The molecule has 0 spiro atoms. The Morgan fingerprint density at radius 1 is 1.24 bits per heavy atom. The zero-order valence-electron chi connectivity index (χ0n) is 12.4. The number of nitrogens with zero attached hydrogens (tertiary/aromatic N) is 2. The summed E-state index contributed by atoms with van der Waals surface area (Å²) in [4.78, 5) is 7.06. The highest BCUT2D eigenvalue weighted by Gasteiger charge is 2.16. The SMILES string of the molecule is CN(Cc1ccc2cccc(Cl)c2n1)CC1CCOCC1. The number of hydrogen-bond donors (Lipinski definition) is 0. The van der Waals surface area contributed by atoms with E-state index in [4.69, 9.17) is 21.3 Å². The van der Waals surface area contributed by atoms with Crippen molar-refractivity contribution in [2.45, 2.75) is 19.4 Å². The molecule has 3 nitrogen and oxygen atoms in total. The lowest BCUT2D eigenvalue weighted by atomic mass is 10.00. The molecular weight excluding hydrogens is 284 g/mol. The van der Waals surface area contributed by atoms with Gasteiger partial charge in [-0.1, -0.05) is 29.8 Å². The maximum atomic E-state index is 6.23. The lowest BCUT2D eigenvalue weighted by molar-refractivity contribution is 0.0548. The summed E-state index contributed by atoms with van der Waals surface area (Å²) in [5.41, 5.74) is 1.97. The van der Waals surface area contributed by atoms with Gasteiger partial charge in [-0.2, -0.15) is 0 Å². The van der Waals surface area contributed by atoms with Crippen LogP contribution in [-0.2, 0) is 11.3 Å². The first kappa shape index (κ1) is 14.8. The van der Waals surface area contributed by atoms with Crippen LogP contribution in [0, 0.1) is 5.92 Å². The lowest BCUT2D eigenvalue weighted by Gasteiger charge is -2.26. The van der Waals surface area contributed by atoms with Crippen LogP contribution in [0.25, 0.3) is 10.9 Å².